The van der Waals surface area contributed by atoms with Gasteiger partial charge in [0.1, 0.15) is 0 Å². The third-order valence-corrected chi connectivity index (χ3v) is 6.84. The van der Waals surface area contributed by atoms with Gasteiger partial charge in [-0.3, -0.25) is 9.89 Å². The number of fused-ring (bicyclic) bond motifs is 1. The topological polar surface area (TPSA) is 105 Å². The van der Waals surface area contributed by atoms with Gasteiger partial charge in [-0.25, -0.2) is 13.4 Å². The molecule has 0 bridgehead atoms. The fourth-order valence-corrected chi connectivity index (χ4v) is 4.75. The van der Waals surface area contributed by atoms with Crippen LogP contribution in [0.5, 0.6) is 0 Å². The maximum absolute atomic E-state index is 13.3. The Balaban J connectivity index is 1.52. The molecule has 2 aromatic heterocycles. The number of amides is 1. The van der Waals surface area contributed by atoms with Crippen molar-refractivity contribution in [2.45, 2.75) is 22.5 Å². The average Bonchev–Trinajstić information content (AvgIpc) is 3.25. The molecule has 0 aliphatic carbocycles. The van der Waals surface area contributed by atoms with Crippen LogP contribution < -0.4 is 5.32 Å². The second-order valence-corrected chi connectivity index (χ2v) is 9.35. The minimum Gasteiger partial charge on any atom is -0.348 e. The predicted molar refractivity (Wildman–Crippen MR) is 113 cm³/mol. The Morgan fingerprint density at radius 1 is 1.06 bits per heavy atom. The van der Waals surface area contributed by atoms with E-state index in [-0.39, 0.29) is 16.5 Å². The van der Waals surface area contributed by atoms with Gasteiger partial charge < -0.3 is 5.32 Å². The second kappa shape index (κ2) is 8.49. The molecule has 0 spiro atoms. The number of H-pyrrole nitrogens is 1. The number of hydrogen-bond acceptors (Lipinski definition) is 5. The first-order valence-electron chi connectivity index (χ1n) is 9.34. The first-order chi connectivity index (χ1) is 15.6. The molecule has 170 valence electrons. The van der Waals surface area contributed by atoms with Crippen LogP contribution in [0.2, 0.25) is 5.02 Å². The molecule has 1 amide bonds. The minimum absolute atomic E-state index is 0.0668. The fourth-order valence-electron chi connectivity index (χ4n) is 3.12. The summed E-state index contributed by atoms with van der Waals surface area (Å²) in [5.41, 5.74) is 0.0598. The van der Waals surface area contributed by atoms with Gasteiger partial charge in [0.05, 0.1) is 27.1 Å². The van der Waals surface area contributed by atoms with E-state index >= 15 is 0 Å². The lowest BCUT2D eigenvalue weighted by Gasteiger charge is -2.14. The first kappa shape index (κ1) is 22.7. The number of carbonyl (C=O) groups is 1. The Morgan fingerprint density at radius 3 is 2.48 bits per heavy atom. The van der Waals surface area contributed by atoms with Crippen molar-refractivity contribution < 1.29 is 26.4 Å². The quantitative estimate of drug-likeness (QED) is 0.428. The molecule has 4 rings (SSSR count). The van der Waals surface area contributed by atoms with Crippen molar-refractivity contribution in [1.82, 2.24) is 20.5 Å². The highest BCUT2D eigenvalue weighted by Crippen LogP contribution is 2.37. The van der Waals surface area contributed by atoms with Gasteiger partial charge in [0.15, 0.2) is 5.65 Å². The summed E-state index contributed by atoms with van der Waals surface area (Å²) >= 11 is 5.63. The Kier molecular flexibility index (Phi) is 5.85. The van der Waals surface area contributed by atoms with E-state index in [2.05, 4.69) is 20.5 Å². The van der Waals surface area contributed by atoms with Gasteiger partial charge >= 0.3 is 6.18 Å². The van der Waals surface area contributed by atoms with Crippen molar-refractivity contribution in [3.8, 4) is 0 Å². The van der Waals surface area contributed by atoms with E-state index in [9.17, 15) is 26.4 Å². The normalized spacial score (nSPS) is 12.1. The summed E-state index contributed by atoms with van der Waals surface area (Å²) < 4.78 is 65.7. The molecule has 2 aromatic carbocycles. The van der Waals surface area contributed by atoms with Crippen molar-refractivity contribution in [1.29, 1.82) is 0 Å². The maximum atomic E-state index is 13.3. The van der Waals surface area contributed by atoms with Gasteiger partial charge in [0.25, 0.3) is 5.91 Å². The Bertz CT molecular complexity index is 1450. The highest BCUT2D eigenvalue weighted by molar-refractivity contribution is 7.91. The summed E-state index contributed by atoms with van der Waals surface area (Å²) in [6, 6.07) is 9.30. The third kappa shape index (κ3) is 4.69. The summed E-state index contributed by atoms with van der Waals surface area (Å²) in [6.45, 7) is 0.0668. The number of nitrogens with zero attached hydrogens (tertiary/aromatic N) is 2. The molecule has 0 fully saturated rings. The molecular weight excluding hydrogens is 481 g/mol. The number of pyridine rings is 1. The van der Waals surface area contributed by atoms with E-state index in [1.165, 1.54) is 36.7 Å². The summed E-state index contributed by atoms with van der Waals surface area (Å²) in [5, 5.41) is 9.62. The Hall–Kier alpha value is -3.44. The van der Waals surface area contributed by atoms with E-state index < -0.39 is 32.4 Å². The van der Waals surface area contributed by atoms with E-state index in [4.69, 9.17) is 11.6 Å². The van der Waals surface area contributed by atoms with Crippen molar-refractivity contribution in [3.63, 3.8) is 0 Å². The van der Waals surface area contributed by atoms with Crippen LogP contribution in [0.3, 0.4) is 0 Å². The average molecular weight is 495 g/mol. The molecule has 0 aliphatic rings. The lowest BCUT2D eigenvalue weighted by atomic mass is 10.2. The molecule has 12 heteroatoms. The molecule has 4 aromatic rings. The number of aromatic amines is 1. The summed E-state index contributed by atoms with van der Waals surface area (Å²) in [4.78, 5) is 15.2. The van der Waals surface area contributed by atoms with Gasteiger partial charge in [-0.1, -0.05) is 23.7 Å². The third-order valence-electron chi connectivity index (χ3n) is 4.78. The standard InChI is InChI=1S/C21H14ClF3N4O3S/c22-15-3-6-18(17(8-15)21(23,24)25)33(31,32)16-4-1-12(2-5-16)9-27-20(30)14-7-13-11-28-29-19(13)26-10-14/h1-8,10-11H,9H2,(H,27,30)(H,26,28,29). The number of carbonyl (C=O) groups excluding carboxylic acids is 1. The van der Waals surface area contributed by atoms with Gasteiger partial charge in [0.2, 0.25) is 9.84 Å². The summed E-state index contributed by atoms with van der Waals surface area (Å²) in [7, 11) is -4.46. The molecule has 0 unspecified atom stereocenters. The number of hydrogen-bond donors (Lipinski definition) is 2. The second-order valence-electron chi connectivity index (χ2n) is 7.00. The van der Waals surface area contributed by atoms with E-state index in [0.29, 0.717) is 28.2 Å². The largest absolute Gasteiger partial charge is 0.417 e. The van der Waals surface area contributed by atoms with Gasteiger partial charge in [-0.15, -0.1) is 0 Å². The first-order valence-corrected chi connectivity index (χ1v) is 11.2. The molecule has 0 atom stereocenters. The Morgan fingerprint density at radius 2 is 1.79 bits per heavy atom. The van der Waals surface area contributed by atoms with Crippen LogP contribution in [-0.4, -0.2) is 29.5 Å². The maximum Gasteiger partial charge on any atom is 0.417 e. The molecule has 2 heterocycles. The van der Waals surface area contributed by atoms with E-state index in [1.807, 2.05) is 0 Å². The van der Waals surface area contributed by atoms with Gasteiger partial charge in [-0.05, 0) is 42.0 Å². The molecule has 0 radical (unpaired) electrons. The number of halogens is 4. The highest BCUT2D eigenvalue weighted by atomic mass is 35.5. The fraction of sp³-hybridized carbons (Fsp3) is 0.0952. The van der Waals surface area contributed by atoms with E-state index in [0.717, 1.165) is 12.1 Å². The minimum atomic E-state index is -4.90. The molecule has 2 N–H and O–H groups in total. The molecule has 0 saturated heterocycles. The van der Waals surface area contributed by atoms with E-state index in [1.54, 1.807) is 6.07 Å². The number of benzene rings is 2. The molecule has 33 heavy (non-hydrogen) atoms. The predicted octanol–water partition coefficient (Wildman–Crippen LogP) is 4.39. The van der Waals surface area contributed by atoms with Crippen LogP contribution in [0.15, 0.2) is 70.7 Å². The number of nitrogens with one attached hydrogen (secondary N) is 2. The van der Waals surface area contributed by atoms with Gasteiger partial charge in [0, 0.05) is 23.2 Å². The molecule has 0 saturated carbocycles. The number of sulfone groups is 1. The summed E-state index contributed by atoms with van der Waals surface area (Å²) in [6.07, 6.45) is -1.98. The van der Waals surface area contributed by atoms with Crippen LogP contribution in [-0.2, 0) is 22.6 Å². The lowest BCUT2D eigenvalue weighted by molar-refractivity contribution is -0.139. The van der Waals surface area contributed by atoms with Crippen molar-refractivity contribution in [2.24, 2.45) is 0 Å². The zero-order valence-electron chi connectivity index (χ0n) is 16.5. The zero-order chi connectivity index (χ0) is 23.8. The van der Waals surface area contributed by atoms with Crippen molar-refractivity contribution in [2.75, 3.05) is 0 Å². The van der Waals surface area contributed by atoms with Crippen LogP contribution in [0.25, 0.3) is 11.0 Å². The van der Waals surface area contributed by atoms with Gasteiger partial charge in [-0.2, -0.15) is 18.3 Å². The summed E-state index contributed by atoms with van der Waals surface area (Å²) in [5.74, 6) is -0.404. The molecular formula is C21H14ClF3N4O3S. The molecule has 7 nitrogen and oxygen atoms in total. The van der Waals surface area contributed by atoms with Crippen LogP contribution in [0.4, 0.5) is 13.2 Å². The smallest absolute Gasteiger partial charge is 0.348 e. The number of alkyl halides is 3. The van der Waals surface area contributed by atoms with Crippen LogP contribution >= 0.6 is 11.6 Å². The highest BCUT2D eigenvalue weighted by Gasteiger charge is 2.37. The SMILES string of the molecule is O=C(NCc1ccc(S(=O)(=O)c2ccc(Cl)cc2C(F)(F)F)cc1)c1cnc2[nH]ncc2c1. The monoisotopic (exact) mass is 494 g/mol. The zero-order valence-corrected chi connectivity index (χ0v) is 18.1. The van der Waals surface area contributed by atoms with Crippen LogP contribution in [0.1, 0.15) is 21.5 Å². The van der Waals surface area contributed by atoms with Crippen LogP contribution in [0, 0.1) is 0 Å². The molecule has 0 aliphatic heterocycles. The number of aromatic nitrogens is 3. The lowest BCUT2D eigenvalue weighted by Crippen LogP contribution is -2.23. The number of rotatable bonds is 5. The Labute approximate surface area is 190 Å². The van der Waals surface area contributed by atoms with Crippen molar-refractivity contribution >= 4 is 38.4 Å². The van der Waals surface area contributed by atoms with Crippen molar-refractivity contribution in [3.05, 3.63) is 82.6 Å².